The SMILES string of the molecule is O=Cc1ccc(-c2c3c(c(-c4ccc(C=O)cc4)c4nsnc24)CCCCC3)cc1. The van der Waals surface area contributed by atoms with E-state index in [-0.39, 0.29) is 0 Å². The first-order chi connectivity index (χ1) is 14.8. The van der Waals surface area contributed by atoms with E-state index in [0.717, 1.165) is 71.5 Å². The largest absolute Gasteiger partial charge is 0.298 e. The zero-order valence-corrected chi connectivity index (χ0v) is 17.2. The van der Waals surface area contributed by atoms with Gasteiger partial charge in [-0.3, -0.25) is 9.59 Å². The lowest BCUT2D eigenvalue weighted by Crippen LogP contribution is -2.01. The minimum absolute atomic E-state index is 0.671. The minimum atomic E-state index is 0.671. The average Bonchev–Trinajstić information content (AvgIpc) is 3.15. The van der Waals surface area contributed by atoms with Gasteiger partial charge in [-0.05, 0) is 47.9 Å². The van der Waals surface area contributed by atoms with Crippen LogP contribution in [0.3, 0.4) is 0 Å². The van der Waals surface area contributed by atoms with Crippen molar-refractivity contribution in [1.29, 1.82) is 0 Å². The van der Waals surface area contributed by atoms with Gasteiger partial charge in [0.1, 0.15) is 23.6 Å². The molecule has 0 spiro atoms. The standard InChI is InChI=1S/C25H20N2O2S/c28-14-16-6-10-18(11-7-16)22-20-4-2-1-3-5-21(20)23(25-24(22)26-30-27-25)19-12-8-17(15-29)9-13-19/h6-15H,1-5H2. The lowest BCUT2D eigenvalue weighted by Gasteiger charge is -2.19. The van der Waals surface area contributed by atoms with Gasteiger partial charge < -0.3 is 0 Å². The van der Waals surface area contributed by atoms with Crippen LogP contribution in [0.1, 0.15) is 51.1 Å². The fourth-order valence-electron chi connectivity index (χ4n) is 4.51. The number of carbonyl (C=O) groups is 2. The van der Waals surface area contributed by atoms with Gasteiger partial charge in [0.2, 0.25) is 0 Å². The number of fused-ring (bicyclic) bond motifs is 2. The topological polar surface area (TPSA) is 59.9 Å². The third-order valence-corrected chi connectivity index (χ3v) is 6.48. The van der Waals surface area contributed by atoms with E-state index < -0.39 is 0 Å². The van der Waals surface area contributed by atoms with Crippen molar-refractivity contribution in [2.45, 2.75) is 32.1 Å². The highest BCUT2D eigenvalue weighted by atomic mass is 32.1. The molecule has 0 bridgehead atoms. The molecule has 0 aliphatic heterocycles. The summed E-state index contributed by atoms with van der Waals surface area (Å²) in [6, 6.07) is 15.5. The van der Waals surface area contributed by atoms with E-state index >= 15 is 0 Å². The van der Waals surface area contributed by atoms with Crippen LogP contribution < -0.4 is 0 Å². The molecule has 0 N–H and O–H groups in total. The Kier molecular flexibility index (Phi) is 4.97. The summed E-state index contributed by atoms with van der Waals surface area (Å²) in [5, 5.41) is 0. The summed E-state index contributed by atoms with van der Waals surface area (Å²) in [6.07, 6.45) is 7.26. The summed E-state index contributed by atoms with van der Waals surface area (Å²) in [7, 11) is 0. The van der Waals surface area contributed by atoms with E-state index in [2.05, 4.69) is 0 Å². The highest BCUT2D eigenvalue weighted by Crippen LogP contribution is 2.43. The van der Waals surface area contributed by atoms with Gasteiger partial charge in [-0.1, -0.05) is 55.0 Å². The third-order valence-electron chi connectivity index (χ3n) is 5.95. The number of hydrogen-bond donors (Lipinski definition) is 0. The van der Waals surface area contributed by atoms with Gasteiger partial charge in [0.25, 0.3) is 0 Å². The van der Waals surface area contributed by atoms with Gasteiger partial charge >= 0.3 is 0 Å². The van der Waals surface area contributed by atoms with Crippen LogP contribution in [0, 0.1) is 0 Å². The highest BCUT2D eigenvalue weighted by Gasteiger charge is 2.25. The first kappa shape index (κ1) is 18.8. The van der Waals surface area contributed by atoms with Crippen molar-refractivity contribution in [1.82, 2.24) is 8.75 Å². The van der Waals surface area contributed by atoms with Crippen molar-refractivity contribution in [3.63, 3.8) is 0 Å². The molecule has 0 saturated carbocycles. The Hall–Kier alpha value is -3.18. The molecule has 0 radical (unpaired) electrons. The summed E-state index contributed by atoms with van der Waals surface area (Å²) < 4.78 is 9.40. The quantitative estimate of drug-likeness (QED) is 0.308. The second kappa shape index (κ2) is 7.92. The maximum absolute atomic E-state index is 11.1. The van der Waals surface area contributed by atoms with E-state index in [0.29, 0.717) is 11.1 Å². The number of rotatable bonds is 4. The highest BCUT2D eigenvalue weighted by molar-refractivity contribution is 7.00. The van der Waals surface area contributed by atoms with E-state index in [1.165, 1.54) is 29.3 Å². The number of carbonyl (C=O) groups excluding carboxylic acids is 2. The predicted octanol–water partition coefficient (Wildman–Crippen LogP) is 5.92. The number of aromatic nitrogens is 2. The van der Waals surface area contributed by atoms with E-state index in [4.69, 9.17) is 8.75 Å². The van der Waals surface area contributed by atoms with Gasteiger partial charge in [-0.25, -0.2) is 0 Å². The van der Waals surface area contributed by atoms with Crippen LogP contribution >= 0.6 is 11.7 Å². The molecule has 4 aromatic rings. The molecule has 5 rings (SSSR count). The van der Waals surface area contributed by atoms with Crippen LogP contribution in [0.25, 0.3) is 33.3 Å². The average molecular weight is 413 g/mol. The number of hydrogen-bond acceptors (Lipinski definition) is 5. The molecule has 0 amide bonds. The molecule has 3 aromatic carbocycles. The summed E-state index contributed by atoms with van der Waals surface area (Å²) in [5.41, 5.74) is 10.4. The molecule has 0 saturated heterocycles. The summed E-state index contributed by atoms with van der Waals surface area (Å²) in [5.74, 6) is 0. The molecule has 148 valence electrons. The molecule has 1 aliphatic carbocycles. The zero-order chi connectivity index (χ0) is 20.5. The molecule has 0 fully saturated rings. The smallest absolute Gasteiger partial charge is 0.150 e. The van der Waals surface area contributed by atoms with Crippen LogP contribution in [0.2, 0.25) is 0 Å². The Bertz CT molecular complexity index is 1150. The lowest BCUT2D eigenvalue weighted by molar-refractivity contribution is 0.111. The van der Waals surface area contributed by atoms with Gasteiger partial charge in [0.05, 0.1) is 11.7 Å². The third kappa shape index (κ3) is 3.15. The van der Waals surface area contributed by atoms with Crippen LogP contribution in [0.5, 0.6) is 0 Å². The first-order valence-electron chi connectivity index (χ1n) is 10.2. The van der Waals surface area contributed by atoms with Crippen LogP contribution in [0.4, 0.5) is 0 Å². The number of aldehydes is 2. The van der Waals surface area contributed by atoms with Crippen molar-refractivity contribution in [3.8, 4) is 22.3 Å². The fourth-order valence-corrected chi connectivity index (χ4v) is 5.07. The Morgan fingerprint density at radius 3 is 1.47 bits per heavy atom. The molecule has 1 aliphatic rings. The van der Waals surface area contributed by atoms with Crippen LogP contribution in [0.15, 0.2) is 48.5 Å². The zero-order valence-electron chi connectivity index (χ0n) is 16.4. The molecule has 0 atom stereocenters. The van der Waals surface area contributed by atoms with Gasteiger partial charge in [-0.2, -0.15) is 8.75 Å². The Morgan fingerprint density at radius 1 is 0.633 bits per heavy atom. The molecule has 4 nitrogen and oxygen atoms in total. The van der Waals surface area contributed by atoms with E-state index in [9.17, 15) is 9.59 Å². The van der Waals surface area contributed by atoms with Crippen molar-refractivity contribution >= 4 is 35.3 Å². The minimum Gasteiger partial charge on any atom is -0.298 e. The molecular formula is C25H20N2O2S. The van der Waals surface area contributed by atoms with Crippen LogP contribution in [-0.2, 0) is 12.8 Å². The summed E-state index contributed by atoms with van der Waals surface area (Å²) >= 11 is 1.24. The number of benzene rings is 3. The number of nitrogens with zero attached hydrogens (tertiary/aromatic N) is 2. The summed E-state index contributed by atoms with van der Waals surface area (Å²) in [6.45, 7) is 0. The molecular weight excluding hydrogens is 392 g/mol. The lowest BCUT2D eigenvalue weighted by atomic mass is 9.85. The van der Waals surface area contributed by atoms with Crippen LogP contribution in [-0.4, -0.2) is 21.3 Å². The first-order valence-corrected chi connectivity index (χ1v) is 10.9. The second-order valence-corrected chi connectivity index (χ2v) is 8.24. The maximum atomic E-state index is 11.1. The Labute approximate surface area is 178 Å². The molecule has 1 aromatic heterocycles. The van der Waals surface area contributed by atoms with Gasteiger partial charge in [0, 0.05) is 22.3 Å². The summed E-state index contributed by atoms with van der Waals surface area (Å²) in [4.78, 5) is 22.2. The van der Waals surface area contributed by atoms with Crippen molar-refractivity contribution in [2.24, 2.45) is 0 Å². The molecule has 0 unspecified atom stereocenters. The molecule has 30 heavy (non-hydrogen) atoms. The van der Waals surface area contributed by atoms with Crippen molar-refractivity contribution in [2.75, 3.05) is 0 Å². The van der Waals surface area contributed by atoms with Crippen molar-refractivity contribution < 1.29 is 9.59 Å². The molecule has 5 heteroatoms. The van der Waals surface area contributed by atoms with Gasteiger partial charge in [0.15, 0.2) is 0 Å². The van der Waals surface area contributed by atoms with Gasteiger partial charge in [-0.15, -0.1) is 0 Å². The Morgan fingerprint density at radius 2 is 1.07 bits per heavy atom. The van der Waals surface area contributed by atoms with E-state index in [1.807, 2.05) is 48.5 Å². The van der Waals surface area contributed by atoms with E-state index in [1.54, 1.807) is 0 Å². The maximum Gasteiger partial charge on any atom is 0.150 e. The normalized spacial score (nSPS) is 13.6. The predicted molar refractivity (Wildman–Crippen MR) is 120 cm³/mol. The second-order valence-electron chi connectivity index (χ2n) is 7.71. The fraction of sp³-hybridized carbons (Fsp3) is 0.200. The molecule has 1 heterocycles. The monoisotopic (exact) mass is 412 g/mol. The Balaban J connectivity index is 1.82. The van der Waals surface area contributed by atoms with Crippen molar-refractivity contribution in [3.05, 3.63) is 70.8 Å².